The first-order valence-electron chi connectivity index (χ1n) is 4.59. The minimum atomic E-state index is 0.322. The zero-order valence-electron chi connectivity index (χ0n) is 7.88. The van der Waals surface area contributed by atoms with Crippen LogP contribution in [0.3, 0.4) is 0 Å². The molecule has 0 saturated carbocycles. The molecule has 0 aromatic carbocycles. The first-order valence-corrected chi connectivity index (χ1v) is 4.59. The molecule has 0 aromatic heterocycles. The molecule has 0 bridgehead atoms. The second-order valence-electron chi connectivity index (χ2n) is 4.12. The summed E-state index contributed by atoms with van der Waals surface area (Å²) in [6.07, 6.45) is 1.34. The molecule has 0 aliphatic carbocycles. The smallest absolute Gasteiger partial charge is 0.0139 e. The molecule has 0 spiro atoms. The van der Waals surface area contributed by atoms with E-state index in [-0.39, 0.29) is 0 Å². The van der Waals surface area contributed by atoms with E-state index in [9.17, 15) is 0 Å². The molecule has 0 aromatic rings. The second-order valence-corrected chi connectivity index (χ2v) is 4.12. The van der Waals surface area contributed by atoms with E-state index in [2.05, 4.69) is 25.7 Å². The summed E-state index contributed by atoms with van der Waals surface area (Å²) in [6.45, 7) is 8.99. The molecule has 1 aliphatic heterocycles. The zero-order chi connectivity index (χ0) is 8.43. The third-order valence-corrected chi connectivity index (χ3v) is 2.44. The van der Waals surface area contributed by atoms with Crippen LogP contribution in [-0.2, 0) is 0 Å². The first kappa shape index (κ1) is 9.01. The minimum absolute atomic E-state index is 0.322. The molecule has 1 rings (SSSR count). The Balaban J connectivity index is 2.34. The normalized spacial score (nSPS) is 36.0. The fourth-order valence-corrected chi connectivity index (χ4v) is 2.01. The summed E-state index contributed by atoms with van der Waals surface area (Å²) in [5, 5.41) is 0. The molecule has 2 nitrogen and oxygen atoms in total. The van der Waals surface area contributed by atoms with Gasteiger partial charge < -0.3 is 5.73 Å². The highest BCUT2D eigenvalue weighted by atomic mass is 15.2. The van der Waals surface area contributed by atoms with Gasteiger partial charge in [-0.2, -0.15) is 0 Å². The Morgan fingerprint density at radius 1 is 1.55 bits per heavy atom. The molecule has 1 aliphatic rings. The first-order chi connectivity index (χ1) is 5.09. The van der Waals surface area contributed by atoms with E-state index in [0.717, 1.165) is 18.5 Å². The summed E-state index contributed by atoms with van der Waals surface area (Å²) < 4.78 is 0. The molecule has 2 N–H and O–H groups in total. The van der Waals surface area contributed by atoms with Crippen LogP contribution < -0.4 is 5.73 Å². The van der Waals surface area contributed by atoms with Gasteiger partial charge in [0.15, 0.2) is 0 Å². The van der Waals surface area contributed by atoms with E-state index in [0.29, 0.717) is 6.04 Å². The highest BCUT2D eigenvalue weighted by Crippen LogP contribution is 2.21. The van der Waals surface area contributed by atoms with Gasteiger partial charge in [-0.05, 0) is 26.2 Å². The molecule has 1 fully saturated rings. The Labute approximate surface area is 69.8 Å². The Morgan fingerprint density at radius 3 is 2.55 bits per heavy atom. The van der Waals surface area contributed by atoms with Gasteiger partial charge >= 0.3 is 0 Å². The van der Waals surface area contributed by atoms with Crippen molar-refractivity contribution >= 4 is 0 Å². The molecule has 3 atom stereocenters. The lowest BCUT2D eigenvalue weighted by Crippen LogP contribution is -2.37. The number of rotatable bonds is 2. The predicted molar refractivity (Wildman–Crippen MR) is 48.5 cm³/mol. The monoisotopic (exact) mass is 156 g/mol. The molecule has 0 amide bonds. The van der Waals surface area contributed by atoms with E-state index in [1.54, 1.807) is 0 Å². The highest BCUT2D eigenvalue weighted by molar-refractivity contribution is 4.81. The van der Waals surface area contributed by atoms with Crippen LogP contribution >= 0.6 is 0 Å². The van der Waals surface area contributed by atoms with Gasteiger partial charge in [0, 0.05) is 25.2 Å². The number of hydrogen-bond acceptors (Lipinski definition) is 2. The number of nitrogens with two attached hydrogens (primary N) is 1. The van der Waals surface area contributed by atoms with Crippen molar-refractivity contribution in [1.82, 2.24) is 4.90 Å². The van der Waals surface area contributed by atoms with Crippen LogP contribution in [0.15, 0.2) is 0 Å². The van der Waals surface area contributed by atoms with Crippen LogP contribution in [0.25, 0.3) is 0 Å². The average Bonchev–Trinajstić information content (AvgIpc) is 2.09. The van der Waals surface area contributed by atoms with E-state index in [1.165, 1.54) is 13.0 Å². The van der Waals surface area contributed by atoms with E-state index >= 15 is 0 Å². The quantitative estimate of drug-likeness (QED) is 0.648. The van der Waals surface area contributed by atoms with Crippen molar-refractivity contribution in [2.75, 3.05) is 13.1 Å². The summed E-state index contributed by atoms with van der Waals surface area (Å²) >= 11 is 0. The fraction of sp³-hybridized carbons (Fsp3) is 1.00. The van der Waals surface area contributed by atoms with Crippen LogP contribution in [0.4, 0.5) is 0 Å². The van der Waals surface area contributed by atoms with Crippen molar-refractivity contribution in [2.24, 2.45) is 11.7 Å². The molecular weight excluding hydrogens is 136 g/mol. The Kier molecular flexibility index (Phi) is 2.90. The van der Waals surface area contributed by atoms with Crippen LogP contribution in [0, 0.1) is 5.92 Å². The van der Waals surface area contributed by atoms with Crippen molar-refractivity contribution in [3.8, 4) is 0 Å². The summed E-state index contributed by atoms with van der Waals surface area (Å²) in [5.41, 5.74) is 5.74. The van der Waals surface area contributed by atoms with Gasteiger partial charge in [0.25, 0.3) is 0 Å². The Hall–Kier alpha value is -0.0800. The lowest BCUT2D eigenvalue weighted by molar-refractivity contribution is 0.253. The largest absolute Gasteiger partial charge is 0.327 e. The van der Waals surface area contributed by atoms with Gasteiger partial charge in [-0.1, -0.05) is 6.92 Å². The van der Waals surface area contributed by atoms with Gasteiger partial charge in [-0.3, -0.25) is 4.90 Å². The van der Waals surface area contributed by atoms with Crippen LogP contribution in [0.2, 0.25) is 0 Å². The van der Waals surface area contributed by atoms with Gasteiger partial charge in [0.2, 0.25) is 0 Å². The molecule has 66 valence electrons. The van der Waals surface area contributed by atoms with Gasteiger partial charge in [-0.15, -0.1) is 0 Å². The second kappa shape index (κ2) is 3.55. The highest BCUT2D eigenvalue weighted by Gasteiger charge is 2.25. The van der Waals surface area contributed by atoms with Gasteiger partial charge in [0.05, 0.1) is 0 Å². The average molecular weight is 156 g/mol. The maximum Gasteiger partial charge on any atom is 0.0139 e. The lowest BCUT2D eigenvalue weighted by atomic mass is 10.1. The van der Waals surface area contributed by atoms with Crippen LogP contribution in [-0.4, -0.2) is 30.1 Å². The third-order valence-electron chi connectivity index (χ3n) is 2.44. The molecular formula is C9H20N2. The van der Waals surface area contributed by atoms with E-state index < -0.39 is 0 Å². The molecule has 11 heavy (non-hydrogen) atoms. The predicted octanol–water partition coefficient (Wildman–Crippen LogP) is 1.06. The van der Waals surface area contributed by atoms with Crippen molar-refractivity contribution < 1.29 is 0 Å². The topological polar surface area (TPSA) is 29.3 Å². The minimum Gasteiger partial charge on any atom is -0.327 e. The van der Waals surface area contributed by atoms with Crippen molar-refractivity contribution in [3.63, 3.8) is 0 Å². The maximum atomic E-state index is 5.74. The summed E-state index contributed by atoms with van der Waals surface area (Å²) in [5.74, 6) is 0.865. The number of hydrogen-bond donors (Lipinski definition) is 1. The summed E-state index contributed by atoms with van der Waals surface area (Å²) in [7, 11) is 0. The van der Waals surface area contributed by atoms with Gasteiger partial charge in [0.1, 0.15) is 0 Å². The Morgan fingerprint density at radius 2 is 2.18 bits per heavy atom. The number of nitrogens with zero attached hydrogens (tertiary/aromatic N) is 1. The summed E-state index contributed by atoms with van der Waals surface area (Å²) in [6, 6.07) is 1.07. The van der Waals surface area contributed by atoms with Crippen LogP contribution in [0.5, 0.6) is 0 Å². The van der Waals surface area contributed by atoms with Crippen molar-refractivity contribution in [3.05, 3.63) is 0 Å². The summed E-state index contributed by atoms with van der Waals surface area (Å²) in [4.78, 5) is 2.50. The molecule has 0 radical (unpaired) electrons. The fourth-order valence-electron chi connectivity index (χ4n) is 2.01. The molecule has 1 heterocycles. The van der Waals surface area contributed by atoms with Crippen LogP contribution in [0.1, 0.15) is 27.2 Å². The lowest BCUT2D eigenvalue weighted by Gasteiger charge is -2.22. The SMILES string of the molecule is CC1CC(C)N(C[C@H](C)N)C1. The van der Waals surface area contributed by atoms with E-state index in [1.807, 2.05) is 0 Å². The van der Waals surface area contributed by atoms with Crippen molar-refractivity contribution in [1.29, 1.82) is 0 Å². The zero-order valence-corrected chi connectivity index (χ0v) is 7.88. The van der Waals surface area contributed by atoms with Crippen molar-refractivity contribution in [2.45, 2.75) is 39.3 Å². The third kappa shape index (κ3) is 2.46. The number of likely N-dealkylation sites (tertiary alicyclic amines) is 1. The van der Waals surface area contributed by atoms with E-state index in [4.69, 9.17) is 5.73 Å². The molecule has 1 saturated heterocycles. The van der Waals surface area contributed by atoms with Gasteiger partial charge in [-0.25, -0.2) is 0 Å². The molecule has 2 heteroatoms. The molecule has 2 unspecified atom stereocenters. The Bertz CT molecular complexity index is 123. The standard InChI is InChI=1S/C9H20N2/c1-7-4-9(3)11(5-7)6-8(2)10/h7-9H,4-6,10H2,1-3H3/t7?,8-,9?/m0/s1. The maximum absolute atomic E-state index is 5.74.